The molecule has 0 radical (unpaired) electrons. The average molecular weight is 378 g/mol. The van der Waals surface area contributed by atoms with Gasteiger partial charge in [0.05, 0.1) is 16.3 Å². The number of halogens is 1. The zero-order valence-corrected chi connectivity index (χ0v) is 14.5. The predicted octanol–water partition coefficient (Wildman–Crippen LogP) is 1.59. The Hall–Kier alpha value is -2.94. The molecule has 1 N–H and O–H groups in total. The number of ether oxygens (including phenoxy) is 1. The number of sulfone groups is 1. The molecule has 0 fully saturated rings. The van der Waals surface area contributed by atoms with E-state index < -0.39 is 27.5 Å². The maximum atomic E-state index is 13.9. The van der Waals surface area contributed by atoms with Crippen LogP contribution in [0.15, 0.2) is 47.4 Å². The van der Waals surface area contributed by atoms with Gasteiger partial charge in [0.2, 0.25) is 5.91 Å². The number of carbonyl (C=O) groups is 2. The monoisotopic (exact) mass is 378 g/mol. The van der Waals surface area contributed by atoms with Gasteiger partial charge in [-0.05, 0) is 30.3 Å². The lowest BCUT2D eigenvalue weighted by Gasteiger charge is -2.28. The Morgan fingerprint density at radius 3 is 2.73 bits per heavy atom. The van der Waals surface area contributed by atoms with Gasteiger partial charge in [0.15, 0.2) is 16.4 Å². The van der Waals surface area contributed by atoms with Gasteiger partial charge in [-0.15, -0.1) is 0 Å². The summed E-state index contributed by atoms with van der Waals surface area (Å²) in [6.07, 6.45) is 0.981. The molecule has 0 spiro atoms. The summed E-state index contributed by atoms with van der Waals surface area (Å²) in [6, 6.07) is 9.84. The van der Waals surface area contributed by atoms with E-state index in [0.717, 1.165) is 24.5 Å². The molecule has 7 nitrogen and oxygen atoms in total. The molecule has 1 aliphatic rings. The number of fused-ring (bicyclic) bond motifs is 1. The number of amides is 2. The molecule has 0 saturated heterocycles. The van der Waals surface area contributed by atoms with Gasteiger partial charge >= 0.3 is 0 Å². The van der Waals surface area contributed by atoms with E-state index in [-0.39, 0.29) is 23.7 Å². The predicted molar refractivity (Wildman–Crippen MR) is 92.4 cm³/mol. The molecule has 0 aliphatic carbocycles. The number of para-hydroxylation sites is 2. The lowest BCUT2D eigenvalue weighted by atomic mass is 10.2. The number of nitrogens with zero attached hydrogens (tertiary/aromatic N) is 1. The van der Waals surface area contributed by atoms with Gasteiger partial charge in [0, 0.05) is 6.26 Å². The molecule has 0 atom stereocenters. The first-order chi connectivity index (χ1) is 12.3. The Balaban J connectivity index is 1.81. The first-order valence-corrected chi connectivity index (χ1v) is 9.46. The fraction of sp³-hybridized carbons (Fsp3) is 0.176. The number of rotatable bonds is 4. The number of carbonyl (C=O) groups excluding carboxylic acids is 2. The van der Waals surface area contributed by atoms with Crippen molar-refractivity contribution in [3.8, 4) is 5.75 Å². The van der Waals surface area contributed by atoms with Crippen LogP contribution < -0.4 is 15.0 Å². The second-order valence-electron chi connectivity index (χ2n) is 5.70. The molecule has 0 unspecified atom stereocenters. The molecule has 2 aromatic carbocycles. The van der Waals surface area contributed by atoms with Crippen LogP contribution in [0.25, 0.3) is 0 Å². The van der Waals surface area contributed by atoms with Crippen molar-refractivity contribution in [2.45, 2.75) is 4.90 Å². The standard InChI is InChI=1S/C17H15FN2O5S/c1-26(23,24)11-6-7-12(18)13(8-11)19-16(21)9-20-14-4-2-3-5-15(14)25-10-17(20)22/h2-8H,9-10H2,1H3,(H,19,21). The zero-order valence-electron chi connectivity index (χ0n) is 13.7. The van der Waals surface area contributed by atoms with E-state index in [2.05, 4.69) is 5.32 Å². The van der Waals surface area contributed by atoms with Crippen LogP contribution in [0, 0.1) is 5.82 Å². The van der Waals surface area contributed by atoms with E-state index in [1.165, 1.54) is 4.90 Å². The van der Waals surface area contributed by atoms with Crippen LogP contribution in [0.5, 0.6) is 5.75 Å². The Morgan fingerprint density at radius 2 is 2.00 bits per heavy atom. The molecule has 1 aliphatic heterocycles. The van der Waals surface area contributed by atoms with E-state index >= 15 is 0 Å². The van der Waals surface area contributed by atoms with E-state index in [1.54, 1.807) is 24.3 Å². The Labute approximate surface area is 149 Å². The number of hydrogen-bond donors (Lipinski definition) is 1. The molecule has 136 valence electrons. The lowest BCUT2D eigenvalue weighted by Crippen LogP contribution is -2.43. The second kappa shape index (κ2) is 6.75. The van der Waals surface area contributed by atoms with Crippen LogP contribution in [-0.4, -0.2) is 39.6 Å². The Morgan fingerprint density at radius 1 is 1.27 bits per heavy atom. The molecule has 0 bridgehead atoms. The fourth-order valence-corrected chi connectivity index (χ4v) is 3.14. The van der Waals surface area contributed by atoms with Crippen molar-refractivity contribution < 1.29 is 27.1 Å². The lowest BCUT2D eigenvalue weighted by molar-refractivity contribution is -0.123. The van der Waals surface area contributed by atoms with Crippen LogP contribution in [-0.2, 0) is 19.4 Å². The molecule has 26 heavy (non-hydrogen) atoms. The first kappa shape index (κ1) is 17.9. The maximum Gasteiger partial charge on any atom is 0.265 e. The van der Waals surface area contributed by atoms with E-state index in [0.29, 0.717) is 11.4 Å². The summed E-state index contributed by atoms with van der Waals surface area (Å²) in [5, 5.41) is 2.31. The molecular formula is C17H15FN2O5S. The molecule has 1 heterocycles. The fourth-order valence-electron chi connectivity index (χ4n) is 2.49. The quantitative estimate of drug-likeness (QED) is 0.816. The first-order valence-electron chi connectivity index (χ1n) is 7.57. The van der Waals surface area contributed by atoms with Crippen LogP contribution in [0.4, 0.5) is 15.8 Å². The van der Waals surface area contributed by atoms with Crippen LogP contribution in [0.2, 0.25) is 0 Å². The third-order valence-electron chi connectivity index (χ3n) is 3.75. The SMILES string of the molecule is CS(=O)(=O)c1ccc(F)c(NC(=O)CN2C(=O)COc3ccccc32)c1. The highest BCUT2D eigenvalue weighted by molar-refractivity contribution is 7.90. The highest BCUT2D eigenvalue weighted by Gasteiger charge is 2.27. The van der Waals surface area contributed by atoms with E-state index in [1.807, 2.05) is 0 Å². The highest BCUT2D eigenvalue weighted by atomic mass is 32.2. The van der Waals surface area contributed by atoms with Gasteiger partial charge in [-0.25, -0.2) is 12.8 Å². The number of hydrogen-bond acceptors (Lipinski definition) is 5. The van der Waals surface area contributed by atoms with Crippen molar-refractivity contribution in [3.05, 3.63) is 48.3 Å². The highest BCUT2D eigenvalue weighted by Crippen LogP contribution is 2.31. The third-order valence-corrected chi connectivity index (χ3v) is 4.86. The van der Waals surface area contributed by atoms with Gasteiger partial charge in [-0.3, -0.25) is 14.5 Å². The minimum atomic E-state index is -3.55. The molecule has 2 amide bonds. The summed E-state index contributed by atoms with van der Waals surface area (Å²) in [7, 11) is -3.55. The van der Waals surface area contributed by atoms with Crippen molar-refractivity contribution in [1.82, 2.24) is 0 Å². The molecule has 3 rings (SSSR count). The smallest absolute Gasteiger partial charge is 0.265 e. The Kier molecular flexibility index (Phi) is 4.64. The van der Waals surface area contributed by atoms with Crippen molar-refractivity contribution in [1.29, 1.82) is 0 Å². The molecule has 0 aromatic heterocycles. The summed E-state index contributed by atoms with van der Waals surface area (Å²) in [4.78, 5) is 25.5. The van der Waals surface area contributed by atoms with Crippen molar-refractivity contribution in [3.63, 3.8) is 0 Å². The van der Waals surface area contributed by atoms with Crippen molar-refractivity contribution in [2.75, 3.05) is 29.6 Å². The maximum absolute atomic E-state index is 13.9. The van der Waals surface area contributed by atoms with Gasteiger partial charge in [-0.1, -0.05) is 12.1 Å². The van der Waals surface area contributed by atoms with Crippen molar-refractivity contribution in [2.24, 2.45) is 0 Å². The number of benzene rings is 2. The zero-order chi connectivity index (χ0) is 18.9. The summed E-state index contributed by atoms with van der Waals surface area (Å²) in [5.74, 6) is -1.39. The van der Waals surface area contributed by atoms with Gasteiger partial charge < -0.3 is 10.1 Å². The number of nitrogens with one attached hydrogen (secondary N) is 1. The largest absolute Gasteiger partial charge is 0.482 e. The van der Waals surface area contributed by atoms with Crippen LogP contribution in [0.3, 0.4) is 0 Å². The third kappa shape index (κ3) is 3.67. The van der Waals surface area contributed by atoms with E-state index in [4.69, 9.17) is 4.74 Å². The minimum absolute atomic E-state index is 0.123. The molecular weight excluding hydrogens is 363 g/mol. The van der Waals surface area contributed by atoms with E-state index in [9.17, 15) is 22.4 Å². The summed E-state index contributed by atoms with van der Waals surface area (Å²) in [5.41, 5.74) is 0.163. The molecule has 9 heteroatoms. The van der Waals surface area contributed by atoms with Gasteiger partial charge in [0.1, 0.15) is 18.1 Å². The second-order valence-corrected chi connectivity index (χ2v) is 7.71. The summed E-state index contributed by atoms with van der Waals surface area (Å²) < 4.78 is 42.3. The van der Waals surface area contributed by atoms with Gasteiger partial charge in [0.25, 0.3) is 5.91 Å². The Bertz CT molecular complexity index is 990. The van der Waals surface area contributed by atoms with Crippen LogP contribution >= 0.6 is 0 Å². The topological polar surface area (TPSA) is 92.8 Å². The van der Waals surface area contributed by atoms with Crippen LogP contribution in [0.1, 0.15) is 0 Å². The number of anilines is 2. The average Bonchev–Trinajstić information content (AvgIpc) is 2.58. The van der Waals surface area contributed by atoms with Gasteiger partial charge in [-0.2, -0.15) is 0 Å². The minimum Gasteiger partial charge on any atom is -0.482 e. The normalized spacial score (nSPS) is 13.8. The molecule has 0 saturated carbocycles. The summed E-state index contributed by atoms with van der Waals surface area (Å²) in [6.45, 7) is -0.566. The summed E-state index contributed by atoms with van der Waals surface area (Å²) >= 11 is 0. The molecule has 2 aromatic rings. The van der Waals surface area contributed by atoms with Crippen molar-refractivity contribution >= 4 is 33.0 Å².